The lowest BCUT2D eigenvalue weighted by Gasteiger charge is -2.04. The highest BCUT2D eigenvalue weighted by atomic mass is 16.4. The van der Waals surface area contributed by atoms with Gasteiger partial charge in [0.05, 0.1) is 0 Å². The number of aliphatic carboxylic acids is 1. The van der Waals surface area contributed by atoms with Crippen molar-refractivity contribution < 1.29 is 14.7 Å². The highest BCUT2D eigenvalue weighted by Gasteiger charge is 2.15. The molecule has 5 heteroatoms. The van der Waals surface area contributed by atoms with Crippen molar-refractivity contribution in [2.24, 2.45) is 5.73 Å². The Hall–Kier alpha value is -1.78. The molecule has 0 aliphatic rings. The van der Waals surface area contributed by atoms with E-state index < -0.39 is 11.9 Å². The average molecular weight is 198 g/mol. The van der Waals surface area contributed by atoms with E-state index in [1.54, 1.807) is 25.2 Å². The van der Waals surface area contributed by atoms with Crippen molar-refractivity contribution in [2.45, 2.75) is 6.92 Å². The average Bonchev–Trinajstić information content (AvgIpc) is 1.99. The van der Waals surface area contributed by atoms with Crippen LogP contribution < -0.4 is 5.73 Å². The summed E-state index contributed by atoms with van der Waals surface area (Å²) in [5.74, 6) is -2.24. The van der Waals surface area contributed by atoms with Gasteiger partial charge in [-0.15, -0.1) is 0 Å². The fraction of sp³-hybridized carbons (Fsp3) is 0.333. The molecular formula is C9H14N2O3. The minimum absolute atomic E-state index is 0.332. The van der Waals surface area contributed by atoms with Gasteiger partial charge in [-0.1, -0.05) is 0 Å². The Labute approximate surface area is 82.5 Å². The Morgan fingerprint density at radius 2 is 1.86 bits per heavy atom. The van der Waals surface area contributed by atoms with Gasteiger partial charge in [0.25, 0.3) is 5.91 Å². The van der Waals surface area contributed by atoms with Crippen LogP contribution in [0.2, 0.25) is 0 Å². The van der Waals surface area contributed by atoms with Crippen molar-refractivity contribution in [2.75, 3.05) is 14.1 Å². The maximum atomic E-state index is 10.8. The molecule has 0 bridgehead atoms. The second-order valence-corrected chi connectivity index (χ2v) is 3.01. The number of allylic oxidation sites excluding steroid dienone is 2. The molecular weight excluding hydrogens is 184 g/mol. The van der Waals surface area contributed by atoms with Gasteiger partial charge in [-0.05, 0) is 24.8 Å². The fourth-order valence-electron chi connectivity index (χ4n) is 0.813. The van der Waals surface area contributed by atoms with Gasteiger partial charge in [-0.25, -0.2) is 4.79 Å². The number of carboxylic acid groups (broad SMARTS) is 1. The number of nitrogens with zero attached hydrogens (tertiary/aromatic N) is 1. The molecule has 0 spiro atoms. The maximum absolute atomic E-state index is 10.8. The molecule has 0 aromatic rings. The summed E-state index contributed by atoms with van der Waals surface area (Å²) in [4.78, 5) is 23.1. The molecule has 0 atom stereocenters. The third-order valence-corrected chi connectivity index (χ3v) is 1.48. The van der Waals surface area contributed by atoms with Crippen molar-refractivity contribution in [1.82, 2.24) is 4.90 Å². The number of hydrogen-bond donors (Lipinski definition) is 2. The van der Waals surface area contributed by atoms with Crippen molar-refractivity contribution in [3.8, 4) is 0 Å². The Morgan fingerprint density at radius 3 is 2.14 bits per heavy atom. The van der Waals surface area contributed by atoms with E-state index in [4.69, 9.17) is 10.8 Å². The summed E-state index contributed by atoms with van der Waals surface area (Å²) in [6, 6.07) is 0. The zero-order valence-electron chi connectivity index (χ0n) is 8.44. The summed E-state index contributed by atoms with van der Waals surface area (Å²) in [6.07, 6.45) is 3.16. The number of amides is 1. The number of carbonyl (C=O) groups is 2. The molecule has 0 fully saturated rings. The molecule has 0 aromatic carbocycles. The van der Waals surface area contributed by atoms with Crippen LogP contribution in [0.15, 0.2) is 23.4 Å². The number of carbonyl (C=O) groups excluding carboxylic acids is 1. The van der Waals surface area contributed by atoms with Crippen LogP contribution in [0.25, 0.3) is 0 Å². The molecule has 3 N–H and O–H groups in total. The number of primary amides is 1. The van der Waals surface area contributed by atoms with Gasteiger partial charge in [0.1, 0.15) is 5.57 Å². The van der Waals surface area contributed by atoms with Gasteiger partial charge >= 0.3 is 5.97 Å². The fourth-order valence-corrected chi connectivity index (χ4v) is 0.813. The van der Waals surface area contributed by atoms with E-state index >= 15 is 0 Å². The Balaban J connectivity index is 5.02. The summed E-state index contributed by atoms with van der Waals surface area (Å²) >= 11 is 0. The van der Waals surface area contributed by atoms with Crippen LogP contribution in [0.4, 0.5) is 0 Å². The van der Waals surface area contributed by atoms with E-state index in [-0.39, 0.29) is 5.57 Å². The van der Waals surface area contributed by atoms with Crippen molar-refractivity contribution in [3.63, 3.8) is 0 Å². The highest BCUT2D eigenvalue weighted by Crippen LogP contribution is 2.05. The predicted octanol–water partition coefficient (Wildman–Crippen LogP) is -0.0519. The first-order valence-corrected chi connectivity index (χ1v) is 3.95. The summed E-state index contributed by atoms with van der Waals surface area (Å²) in [7, 11) is 3.57. The monoisotopic (exact) mass is 198 g/mol. The van der Waals surface area contributed by atoms with E-state index in [0.717, 1.165) is 0 Å². The van der Waals surface area contributed by atoms with E-state index in [0.29, 0.717) is 5.57 Å². The molecule has 5 nitrogen and oxygen atoms in total. The Kier molecular flexibility index (Phi) is 4.42. The van der Waals surface area contributed by atoms with Gasteiger partial charge in [0, 0.05) is 14.1 Å². The van der Waals surface area contributed by atoms with Gasteiger partial charge in [0.15, 0.2) is 0 Å². The number of carboxylic acids is 1. The van der Waals surface area contributed by atoms with Crippen LogP contribution in [0, 0.1) is 0 Å². The second kappa shape index (κ2) is 5.06. The van der Waals surface area contributed by atoms with Crippen molar-refractivity contribution in [1.29, 1.82) is 0 Å². The minimum Gasteiger partial charge on any atom is -0.477 e. The number of nitrogens with two attached hydrogens (primary N) is 1. The van der Waals surface area contributed by atoms with E-state index in [1.807, 2.05) is 0 Å². The molecule has 1 amide bonds. The van der Waals surface area contributed by atoms with Gasteiger partial charge in [-0.3, -0.25) is 4.79 Å². The molecule has 0 aliphatic carbocycles. The molecule has 0 rings (SSSR count). The van der Waals surface area contributed by atoms with Crippen LogP contribution >= 0.6 is 0 Å². The summed E-state index contributed by atoms with van der Waals surface area (Å²) < 4.78 is 0. The molecule has 78 valence electrons. The number of rotatable bonds is 4. The molecule has 0 saturated carbocycles. The molecule has 0 heterocycles. The first-order valence-electron chi connectivity index (χ1n) is 3.95. The first-order chi connectivity index (χ1) is 6.36. The van der Waals surface area contributed by atoms with Crippen LogP contribution in [0.5, 0.6) is 0 Å². The largest absolute Gasteiger partial charge is 0.477 e. The molecule has 0 saturated heterocycles. The van der Waals surface area contributed by atoms with Gasteiger partial charge in [-0.2, -0.15) is 0 Å². The predicted molar refractivity (Wildman–Crippen MR) is 52.4 cm³/mol. The Bertz CT molecular complexity index is 287. The van der Waals surface area contributed by atoms with E-state index in [2.05, 4.69) is 0 Å². The second-order valence-electron chi connectivity index (χ2n) is 3.01. The normalized spacial score (nSPS) is 12.5. The molecule has 14 heavy (non-hydrogen) atoms. The van der Waals surface area contributed by atoms with Gasteiger partial charge in [0.2, 0.25) is 0 Å². The van der Waals surface area contributed by atoms with Crippen LogP contribution in [-0.2, 0) is 9.59 Å². The summed E-state index contributed by atoms with van der Waals surface area (Å²) in [6.45, 7) is 1.52. The van der Waals surface area contributed by atoms with Crippen molar-refractivity contribution in [3.05, 3.63) is 23.4 Å². The lowest BCUT2D eigenvalue weighted by atomic mass is 10.1. The highest BCUT2D eigenvalue weighted by molar-refractivity contribution is 6.15. The molecule has 0 radical (unpaired) electrons. The zero-order valence-corrected chi connectivity index (χ0v) is 8.44. The minimum atomic E-state index is -1.31. The number of hydrogen-bond acceptors (Lipinski definition) is 3. The SMILES string of the molecule is CC(/C=C\N(C)C)=C(/C(N)=O)C(=O)O. The third kappa shape index (κ3) is 3.75. The smallest absolute Gasteiger partial charge is 0.341 e. The Morgan fingerprint density at radius 1 is 1.36 bits per heavy atom. The van der Waals surface area contributed by atoms with E-state index in [9.17, 15) is 9.59 Å². The van der Waals surface area contributed by atoms with Gasteiger partial charge < -0.3 is 15.7 Å². The molecule has 0 unspecified atom stereocenters. The van der Waals surface area contributed by atoms with Crippen molar-refractivity contribution >= 4 is 11.9 Å². The topological polar surface area (TPSA) is 83.6 Å². The molecule has 0 aromatic heterocycles. The zero-order chi connectivity index (χ0) is 11.3. The van der Waals surface area contributed by atoms with Crippen LogP contribution in [0.1, 0.15) is 6.92 Å². The standard InChI is InChI=1S/C9H14N2O3/c1-6(4-5-11(2)3)7(8(10)12)9(13)14/h4-5H,1-3H3,(H2,10,12)(H,13,14)/b5-4-,7-6+. The maximum Gasteiger partial charge on any atom is 0.341 e. The van der Waals surface area contributed by atoms with Crippen LogP contribution in [-0.4, -0.2) is 36.0 Å². The first kappa shape index (κ1) is 12.2. The summed E-state index contributed by atoms with van der Waals surface area (Å²) in [5, 5.41) is 8.67. The van der Waals surface area contributed by atoms with Crippen LogP contribution in [0.3, 0.4) is 0 Å². The quantitative estimate of drug-likeness (QED) is 0.287. The lowest BCUT2D eigenvalue weighted by molar-refractivity contribution is -0.134. The molecule has 0 aliphatic heterocycles. The van der Waals surface area contributed by atoms with E-state index in [1.165, 1.54) is 13.0 Å². The summed E-state index contributed by atoms with van der Waals surface area (Å²) in [5.41, 5.74) is 4.87. The lowest BCUT2D eigenvalue weighted by Crippen LogP contribution is -2.21. The third-order valence-electron chi connectivity index (χ3n) is 1.48.